The lowest BCUT2D eigenvalue weighted by atomic mass is 9.92. The molecule has 11 heteroatoms. The average Bonchev–Trinajstić information content (AvgIpc) is 3.05. The highest BCUT2D eigenvalue weighted by molar-refractivity contribution is 7.86. The van der Waals surface area contributed by atoms with E-state index in [1.54, 1.807) is 13.0 Å². The molecule has 0 aromatic heterocycles. The minimum Gasteiger partial charge on any atom is -0.460 e. The second-order valence-electron chi connectivity index (χ2n) is 11.2. The Morgan fingerprint density at radius 3 is 2.34 bits per heavy atom. The predicted octanol–water partition coefficient (Wildman–Crippen LogP) is 5.34. The molecule has 1 heterocycles. The van der Waals surface area contributed by atoms with Crippen LogP contribution in [0.2, 0.25) is 0 Å². The van der Waals surface area contributed by atoms with E-state index < -0.39 is 16.1 Å². The zero-order valence-corrected chi connectivity index (χ0v) is 28.8. The Morgan fingerprint density at radius 2 is 1.68 bits per heavy atom. The van der Waals surface area contributed by atoms with Crippen LogP contribution in [-0.4, -0.2) is 71.5 Å². The Kier molecular flexibility index (Phi) is 12.3. The van der Waals surface area contributed by atoms with E-state index in [4.69, 9.17) is 13.9 Å². The van der Waals surface area contributed by atoms with Crippen LogP contribution in [0.3, 0.4) is 0 Å². The smallest absolute Gasteiger partial charge is 0.333 e. The van der Waals surface area contributed by atoms with Crippen LogP contribution in [0.15, 0.2) is 76.1 Å². The molecule has 252 valence electrons. The highest BCUT2D eigenvalue weighted by Gasteiger charge is 2.25. The summed E-state index contributed by atoms with van der Waals surface area (Å²) in [4.78, 5) is 13.5. The number of carbonyl (C=O) groups is 1. The maximum absolute atomic E-state index is 12.9. The first-order chi connectivity index (χ1) is 22.5. The monoisotopic (exact) mass is 664 g/mol. The lowest BCUT2D eigenvalue weighted by molar-refractivity contribution is -0.140. The van der Waals surface area contributed by atoms with E-state index in [-0.39, 0.29) is 18.1 Å². The normalized spacial score (nSPS) is 11.6. The quantitative estimate of drug-likeness (QED) is 0.0409. The number of nitrogens with zero attached hydrogens (tertiary/aromatic N) is 2. The van der Waals surface area contributed by atoms with Gasteiger partial charge in [-0.25, -0.2) is 9.37 Å². The summed E-state index contributed by atoms with van der Waals surface area (Å²) in [5, 5.41) is 4.97. The number of benzene rings is 3. The van der Waals surface area contributed by atoms with Gasteiger partial charge < -0.3 is 24.1 Å². The fourth-order valence-electron chi connectivity index (χ4n) is 5.62. The molecule has 0 atom stereocenters. The molecule has 0 saturated carbocycles. The molecule has 0 fully saturated rings. The second-order valence-corrected chi connectivity index (χ2v) is 12.6. The van der Waals surface area contributed by atoms with Crippen LogP contribution in [0.5, 0.6) is 0 Å². The van der Waals surface area contributed by atoms with Crippen molar-refractivity contribution in [3.05, 3.63) is 77.7 Å². The fraction of sp³-hybridized carbons (Fsp3) is 0.389. The van der Waals surface area contributed by atoms with E-state index in [1.807, 2.05) is 42.5 Å². The van der Waals surface area contributed by atoms with Crippen LogP contribution in [0.1, 0.15) is 40.2 Å². The Hall–Kier alpha value is -4.03. The van der Waals surface area contributed by atoms with Crippen molar-refractivity contribution in [3.8, 4) is 22.5 Å². The van der Waals surface area contributed by atoms with E-state index in [2.05, 4.69) is 49.1 Å². The lowest BCUT2D eigenvalue weighted by Crippen LogP contribution is -2.29. The standard InChI is InChI=1S/C36H45N3O7S/c1-7-38(8-2)27-12-15-29-32(22-27)46-33-23-28(39(9-3)10-4)13-16-30(33)35(29)31-14-11-26(21-34(31)47(41,42)43)24-37-17-18-44-19-20-45-36(40)25(5)6/h11-16,21-23,37H,5,7-10,17-20,24H2,1-4,6H3/p+1. The third-order valence-electron chi connectivity index (χ3n) is 8.10. The van der Waals surface area contributed by atoms with Crippen molar-refractivity contribution >= 4 is 32.7 Å². The largest absolute Gasteiger partial charge is 0.460 e. The molecule has 0 radical (unpaired) electrons. The first-order valence-electron chi connectivity index (χ1n) is 16.1. The van der Waals surface area contributed by atoms with Crippen molar-refractivity contribution in [2.24, 2.45) is 0 Å². The average molecular weight is 665 g/mol. The number of anilines is 1. The van der Waals surface area contributed by atoms with Crippen LogP contribution in [0.25, 0.3) is 33.4 Å². The predicted molar refractivity (Wildman–Crippen MR) is 186 cm³/mol. The molecule has 0 amide bonds. The molecule has 0 bridgehead atoms. The fourth-order valence-corrected chi connectivity index (χ4v) is 6.37. The van der Waals surface area contributed by atoms with Crippen molar-refractivity contribution in [3.63, 3.8) is 0 Å². The minimum atomic E-state index is -4.61. The Bertz CT molecular complexity index is 1870. The second kappa shape index (κ2) is 16.2. The number of nitrogens with one attached hydrogen (secondary N) is 1. The molecule has 2 aromatic rings. The zero-order chi connectivity index (χ0) is 34.1. The maximum atomic E-state index is 12.9. The molecule has 0 spiro atoms. The molecule has 47 heavy (non-hydrogen) atoms. The summed E-state index contributed by atoms with van der Waals surface area (Å²) in [5.41, 5.74) is 4.44. The molecule has 4 rings (SSSR count). The third-order valence-corrected chi connectivity index (χ3v) is 8.99. The highest BCUT2D eigenvalue weighted by Crippen LogP contribution is 2.43. The summed E-state index contributed by atoms with van der Waals surface area (Å²) in [5.74, 6) is 0.166. The summed E-state index contributed by atoms with van der Waals surface area (Å²) in [6.07, 6.45) is 0. The molecule has 2 aliphatic rings. The molecule has 1 aliphatic carbocycles. The molecular formula is C36H46N3O7S+. The summed E-state index contributed by atoms with van der Waals surface area (Å²) in [6.45, 7) is 18.4. The van der Waals surface area contributed by atoms with Crippen LogP contribution < -0.4 is 20.1 Å². The summed E-state index contributed by atoms with van der Waals surface area (Å²) in [7, 11) is -4.61. The van der Waals surface area contributed by atoms with E-state index in [0.29, 0.717) is 53.3 Å². The minimum absolute atomic E-state index is 0.133. The van der Waals surface area contributed by atoms with Gasteiger partial charge in [0.25, 0.3) is 10.1 Å². The van der Waals surface area contributed by atoms with Crippen LogP contribution in [-0.2, 0) is 30.9 Å². The van der Waals surface area contributed by atoms with Gasteiger partial charge in [0.2, 0.25) is 5.36 Å². The van der Waals surface area contributed by atoms with Gasteiger partial charge in [0.05, 0.1) is 19.3 Å². The summed E-state index contributed by atoms with van der Waals surface area (Å²) in [6, 6.07) is 17.0. The first kappa shape index (κ1) is 35.8. The molecule has 1 aliphatic heterocycles. The van der Waals surface area contributed by atoms with Crippen molar-refractivity contribution in [1.82, 2.24) is 9.89 Å². The summed E-state index contributed by atoms with van der Waals surface area (Å²) >= 11 is 0. The van der Waals surface area contributed by atoms with Gasteiger partial charge in [0, 0.05) is 71.6 Å². The number of esters is 1. The van der Waals surface area contributed by atoms with Crippen LogP contribution >= 0.6 is 0 Å². The first-order valence-corrected chi connectivity index (χ1v) is 17.5. The van der Waals surface area contributed by atoms with Crippen molar-refractivity contribution in [2.45, 2.75) is 46.1 Å². The van der Waals surface area contributed by atoms with Gasteiger partial charge in [-0.1, -0.05) is 18.7 Å². The third kappa shape index (κ3) is 8.66. The Labute approximate surface area is 277 Å². The van der Waals surface area contributed by atoms with E-state index >= 15 is 0 Å². The molecule has 2 N–H and O–H groups in total. The lowest BCUT2D eigenvalue weighted by Gasteiger charge is -2.22. The maximum Gasteiger partial charge on any atom is 0.333 e. The molecule has 0 saturated heterocycles. The number of fused-ring (bicyclic) bond motifs is 2. The van der Waals surface area contributed by atoms with Gasteiger partial charge in [-0.05, 0) is 64.4 Å². The topological polar surface area (TPSA) is 121 Å². The Morgan fingerprint density at radius 1 is 0.957 bits per heavy atom. The number of carbonyl (C=O) groups excluding carboxylic acids is 1. The van der Waals surface area contributed by atoms with Gasteiger partial charge >= 0.3 is 5.97 Å². The number of hydrogen-bond acceptors (Lipinski definition) is 8. The van der Waals surface area contributed by atoms with E-state index in [1.165, 1.54) is 6.07 Å². The van der Waals surface area contributed by atoms with Crippen LogP contribution in [0.4, 0.5) is 5.69 Å². The van der Waals surface area contributed by atoms with Gasteiger partial charge in [-0.3, -0.25) is 4.55 Å². The van der Waals surface area contributed by atoms with E-state index in [0.717, 1.165) is 48.2 Å². The van der Waals surface area contributed by atoms with E-state index in [9.17, 15) is 17.8 Å². The number of rotatable bonds is 16. The number of hydrogen-bond donors (Lipinski definition) is 2. The van der Waals surface area contributed by atoms with Crippen molar-refractivity contribution in [2.75, 3.05) is 57.4 Å². The van der Waals surface area contributed by atoms with Gasteiger partial charge in [0.1, 0.15) is 35.9 Å². The van der Waals surface area contributed by atoms with Gasteiger partial charge in [-0.2, -0.15) is 8.42 Å². The summed E-state index contributed by atoms with van der Waals surface area (Å²) < 4.78 is 55.5. The SMILES string of the molecule is C=C(C)C(=O)OCCOCCNCc1ccc(-c2c3ccc(=[N+](CC)CC)cc-3oc3cc(N(CC)CC)ccc23)c(S(=O)(=O)O)c1. The van der Waals surface area contributed by atoms with Gasteiger partial charge in [0.15, 0.2) is 0 Å². The molecule has 2 aromatic carbocycles. The van der Waals surface area contributed by atoms with Crippen molar-refractivity contribution < 1.29 is 31.7 Å². The molecule has 0 unspecified atom stereocenters. The highest BCUT2D eigenvalue weighted by atomic mass is 32.2. The Balaban J connectivity index is 1.71. The van der Waals surface area contributed by atoms with Crippen LogP contribution in [0, 0.1) is 0 Å². The van der Waals surface area contributed by atoms with Crippen molar-refractivity contribution in [1.29, 1.82) is 0 Å². The van der Waals surface area contributed by atoms with Gasteiger partial charge in [-0.15, -0.1) is 0 Å². The zero-order valence-electron chi connectivity index (χ0n) is 28.0. The molecule has 10 nitrogen and oxygen atoms in total. The number of ether oxygens (including phenoxy) is 2. The molecular weight excluding hydrogens is 618 g/mol.